The number of piperidine rings is 1. The average molecular weight is 325 g/mol. The van der Waals surface area contributed by atoms with Crippen molar-refractivity contribution in [3.63, 3.8) is 0 Å². The lowest BCUT2D eigenvalue weighted by Crippen LogP contribution is -2.52. The first-order chi connectivity index (χ1) is 11.8. The fraction of sp³-hybridized carbons (Fsp3) is 0.526. The van der Waals surface area contributed by atoms with E-state index in [1.54, 1.807) is 0 Å². The van der Waals surface area contributed by atoms with E-state index in [-0.39, 0.29) is 0 Å². The second-order valence-electron chi connectivity index (χ2n) is 7.02. The van der Waals surface area contributed by atoms with Gasteiger partial charge >= 0.3 is 0 Å². The third-order valence-corrected chi connectivity index (χ3v) is 5.50. The second kappa shape index (κ2) is 6.95. The molecule has 2 saturated heterocycles. The van der Waals surface area contributed by atoms with E-state index in [0.29, 0.717) is 0 Å². The summed E-state index contributed by atoms with van der Waals surface area (Å²) in [5, 5.41) is 4.29. The highest BCUT2D eigenvalue weighted by atomic mass is 15.3. The first kappa shape index (κ1) is 15.7. The lowest BCUT2D eigenvalue weighted by Gasteiger charge is -2.42. The zero-order valence-electron chi connectivity index (χ0n) is 14.5. The summed E-state index contributed by atoms with van der Waals surface area (Å²) >= 11 is 0. The number of likely N-dealkylation sites (N-methyl/N-ethyl adjacent to an activating group) is 1. The van der Waals surface area contributed by atoms with Gasteiger partial charge in [0.1, 0.15) is 0 Å². The van der Waals surface area contributed by atoms with Crippen molar-refractivity contribution in [2.45, 2.75) is 18.9 Å². The lowest BCUT2D eigenvalue weighted by molar-refractivity contribution is 0.0982. The Hall–Kier alpha value is -1.85. The molecule has 1 aromatic carbocycles. The van der Waals surface area contributed by atoms with Crippen LogP contribution in [-0.2, 0) is 0 Å². The Kier molecular flexibility index (Phi) is 4.54. The molecule has 128 valence electrons. The zero-order chi connectivity index (χ0) is 16.4. The molecule has 2 fully saturated rings. The normalized spacial score (nSPS) is 21.3. The number of aromatic nitrogens is 2. The summed E-state index contributed by atoms with van der Waals surface area (Å²) in [4.78, 5) is 7.67. The van der Waals surface area contributed by atoms with Crippen molar-refractivity contribution in [3.05, 3.63) is 42.7 Å². The molecule has 0 unspecified atom stereocenters. The maximum Gasteiger partial charge on any atom is 0.0647 e. The molecular formula is C19H27N5. The van der Waals surface area contributed by atoms with Gasteiger partial charge in [0, 0.05) is 63.4 Å². The summed E-state index contributed by atoms with van der Waals surface area (Å²) in [5.74, 6) is 0. The molecule has 0 aliphatic carbocycles. The van der Waals surface area contributed by atoms with Crippen molar-refractivity contribution in [2.24, 2.45) is 0 Å². The molecule has 5 nitrogen and oxygen atoms in total. The Morgan fingerprint density at radius 2 is 1.54 bits per heavy atom. The van der Waals surface area contributed by atoms with Crippen LogP contribution in [0.2, 0.25) is 0 Å². The highest BCUT2D eigenvalue weighted by molar-refractivity contribution is 5.51. The van der Waals surface area contributed by atoms with E-state index in [1.807, 2.05) is 23.1 Å². The van der Waals surface area contributed by atoms with Gasteiger partial charge in [-0.2, -0.15) is 5.10 Å². The molecule has 24 heavy (non-hydrogen) atoms. The van der Waals surface area contributed by atoms with Gasteiger partial charge < -0.3 is 9.80 Å². The summed E-state index contributed by atoms with van der Waals surface area (Å²) in [7, 11) is 2.23. The molecule has 0 amide bonds. The minimum atomic E-state index is 0.776. The first-order valence-electron chi connectivity index (χ1n) is 9.07. The van der Waals surface area contributed by atoms with Gasteiger partial charge in [-0.1, -0.05) is 0 Å². The maximum atomic E-state index is 4.29. The van der Waals surface area contributed by atoms with E-state index in [4.69, 9.17) is 0 Å². The van der Waals surface area contributed by atoms with Crippen molar-refractivity contribution in [2.75, 3.05) is 51.2 Å². The lowest BCUT2D eigenvalue weighted by atomic mass is 10.0. The molecule has 0 N–H and O–H groups in total. The number of hydrogen-bond acceptors (Lipinski definition) is 4. The predicted molar refractivity (Wildman–Crippen MR) is 97.9 cm³/mol. The number of benzene rings is 1. The molecule has 0 radical (unpaired) electrons. The van der Waals surface area contributed by atoms with Crippen LogP contribution in [0, 0.1) is 0 Å². The van der Waals surface area contributed by atoms with Crippen LogP contribution < -0.4 is 4.90 Å². The molecule has 5 heteroatoms. The van der Waals surface area contributed by atoms with Crippen LogP contribution in [0.3, 0.4) is 0 Å². The van der Waals surface area contributed by atoms with E-state index in [2.05, 4.69) is 51.1 Å². The van der Waals surface area contributed by atoms with Crippen LogP contribution in [-0.4, -0.2) is 71.9 Å². The second-order valence-corrected chi connectivity index (χ2v) is 7.02. The van der Waals surface area contributed by atoms with Gasteiger partial charge in [0.15, 0.2) is 0 Å². The summed E-state index contributed by atoms with van der Waals surface area (Å²) < 4.78 is 1.91. The Morgan fingerprint density at radius 3 is 2.17 bits per heavy atom. The Morgan fingerprint density at radius 1 is 0.875 bits per heavy atom. The van der Waals surface area contributed by atoms with Gasteiger partial charge in [-0.05, 0) is 50.2 Å². The Bertz CT molecular complexity index is 620. The average Bonchev–Trinajstić information content (AvgIpc) is 3.17. The van der Waals surface area contributed by atoms with E-state index in [0.717, 1.165) is 24.8 Å². The van der Waals surface area contributed by atoms with Crippen LogP contribution in [0.15, 0.2) is 42.7 Å². The van der Waals surface area contributed by atoms with Crippen LogP contribution in [0.4, 0.5) is 5.69 Å². The summed E-state index contributed by atoms with van der Waals surface area (Å²) in [6.07, 6.45) is 6.36. The molecule has 2 aliphatic heterocycles. The topological polar surface area (TPSA) is 27.5 Å². The minimum Gasteiger partial charge on any atom is -0.371 e. The van der Waals surface area contributed by atoms with Crippen molar-refractivity contribution in [1.29, 1.82) is 0 Å². The van der Waals surface area contributed by atoms with Gasteiger partial charge in [0.05, 0.1) is 5.69 Å². The third kappa shape index (κ3) is 3.32. The molecular weight excluding hydrogens is 298 g/mol. The largest absolute Gasteiger partial charge is 0.371 e. The van der Waals surface area contributed by atoms with E-state index in [9.17, 15) is 0 Å². The molecule has 0 spiro atoms. The molecule has 1 aromatic heterocycles. The van der Waals surface area contributed by atoms with Crippen LogP contribution >= 0.6 is 0 Å². The van der Waals surface area contributed by atoms with E-state index in [1.165, 1.54) is 44.7 Å². The molecule has 4 rings (SSSR count). The van der Waals surface area contributed by atoms with Crippen molar-refractivity contribution < 1.29 is 0 Å². The minimum absolute atomic E-state index is 0.776. The molecule has 0 atom stereocenters. The number of rotatable bonds is 3. The van der Waals surface area contributed by atoms with Gasteiger partial charge in [-0.15, -0.1) is 0 Å². The number of hydrogen-bond donors (Lipinski definition) is 0. The highest BCUT2D eigenvalue weighted by Gasteiger charge is 2.26. The Balaban J connectivity index is 1.34. The van der Waals surface area contributed by atoms with Gasteiger partial charge in [0.2, 0.25) is 0 Å². The fourth-order valence-corrected chi connectivity index (χ4v) is 3.91. The molecule has 2 aromatic rings. The van der Waals surface area contributed by atoms with Gasteiger partial charge in [-0.3, -0.25) is 4.90 Å². The molecule has 0 bridgehead atoms. The summed E-state index contributed by atoms with van der Waals surface area (Å²) in [5.41, 5.74) is 2.46. The maximum absolute atomic E-state index is 4.29. The number of nitrogens with zero attached hydrogens (tertiary/aromatic N) is 5. The standard InChI is InChI=1S/C19H27N5/c1-21-13-15-23(16-14-21)18-7-11-22(12-8-18)17-3-5-19(6-4-17)24-10-2-9-20-24/h2-6,9-10,18H,7-8,11-16H2,1H3. The zero-order valence-corrected chi connectivity index (χ0v) is 14.5. The van der Waals surface area contributed by atoms with Crippen molar-refractivity contribution in [1.82, 2.24) is 19.6 Å². The first-order valence-corrected chi connectivity index (χ1v) is 9.07. The van der Waals surface area contributed by atoms with Crippen molar-refractivity contribution in [3.8, 4) is 5.69 Å². The SMILES string of the molecule is CN1CCN(C2CCN(c3ccc(-n4cccn4)cc3)CC2)CC1. The third-order valence-electron chi connectivity index (χ3n) is 5.50. The van der Waals surface area contributed by atoms with Crippen molar-refractivity contribution >= 4 is 5.69 Å². The smallest absolute Gasteiger partial charge is 0.0647 e. The number of anilines is 1. The molecule has 2 aliphatic rings. The Labute approximate surface area is 144 Å². The fourth-order valence-electron chi connectivity index (χ4n) is 3.91. The number of piperazine rings is 1. The molecule has 3 heterocycles. The van der Waals surface area contributed by atoms with E-state index >= 15 is 0 Å². The van der Waals surface area contributed by atoms with Crippen LogP contribution in [0.1, 0.15) is 12.8 Å². The highest BCUT2D eigenvalue weighted by Crippen LogP contribution is 2.24. The van der Waals surface area contributed by atoms with Gasteiger partial charge in [-0.25, -0.2) is 4.68 Å². The molecule has 0 saturated carbocycles. The van der Waals surface area contributed by atoms with Crippen LogP contribution in [0.5, 0.6) is 0 Å². The van der Waals surface area contributed by atoms with E-state index < -0.39 is 0 Å². The monoisotopic (exact) mass is 325 g/mol. The summed E-state index contributed by atoms with van der Waals surface area (Å²) in [6.45, 7) is 7.24. The summed E-state index contributed by atoms with van der Waals surface area (Å²) in [6, 6.07) is 11.5. The van der Waals surface area contributed by atoms with Gasteiger partial charge in [0.25, 0.3) is 0 Å². The van der Waals surface area contributed by atoms with Crippen LogP contribution in [0.25, 0.3) is 5.69 Å². The predicted octanol–water partition coefficient (Wildman–Crippen LogP) is 2.09. The quantitative estimate of drug-likeness (QED) is 0.864.